The average Bonchev–Trinajstić information content (AvgIpc) is 2.83. The molecule has 23 heavy (non-hydrogen) atoms. The molecule has 0 radical (unpaired) electrons. The first-order valence-electron chi connectivity index (χ1n) is 7.76. The normalized spacial score (nSPS) is 17.3. The maximum absolute atomic E-state index is 12.0. The van der Waals surface area contributed by atoms with Gasteiger partial charge in [-0.3, -0.25) is 9.59 Å². The van der Waals surface area contributed by atoms with E-state index in [4.69, 9.17) is 9.84 Å². The number of carboxylic acids is 1. The number of carbonyl (C=O) groups is 2. The van der Waals surface area contributed by atoms with E-state index in [1.165, 1.54) is 0 Å². The van der Waals surface area contributed by atoms with Crippen LogP contribution < -0.4 is 10.0 Å². The summed E-state index contributed by atoms with van der Waals surface area (Å²) in [5.74, 6) is -1.71. The summed E-state index contributed by atoms with van der Waals surface area (Å²) in [6.07, 6.45) is 2.69. The molecule has 1 rings (SSSR count). The van der Waals surface area contributed by atoms with Crippen molar-refractivity contribution in [2.24, 2.45) is 0 Å². The molecule has 9 heteroatoms. The Morgan fingerprint density at radius 2 is 1.87 bits per heavy atom. The number of nitrogens with one attached hydrogen (secondary N) is 2. The molecule has 134 valence electrons. The van der Waals surface area contributed by atoms with Gasteiger partial charge in [0.15, 0.2) is 0 Å². The highest BCUT2D eigenvalue weighted by Crippen LogP contribution is 2.32. The number of ether oxygens (including phenoxy) is 1. The minimum Gasteiger partial charge on any atom is -0.481 e. The maximum Gasteiger partial charge on any atom is 0.305 e. The molecule has 0 bridgehead atoms. The topological polar surface area (TPSA) is 122 Å². The van der Waals surface area contributed by atoms with Gasteiger partial charge < -0.3 is 15.2 Å². The van der Waals surface area contributed by atoms with Crippen molar-refractivity contribution in [3.63, 3.8) is 0 Å². The molecule has 0 unspecified atom stereocenters. The Bertz CT molecular complexity index is 511. The molecule has 3 N–H and O–H groups in total. The lowest BCUT2D eigenvalue weighted by Crippen LogP contribution is -2.51. The predicted molar refractivity (Wildman–Crippen MR) is 84.5 cm³/mol. The van der Waals surface area contributed by atoms with Gasteiger partial charge in [0.1, 0.15) is 0 Å². The molecule has 0 saturated heterocycles. The molecule has 0 aromatic heterocycles. The second-order valence-electron chi connectivity index (χ2n) is 6.17. The van der Waals surface area contributed by atoms with Crippen LogP contribution in [0.15, 0.2) is 0 Å². The molecule has 0 aromatic rings. The smallest absolute Gasteiger partial charge is 0.305 e. The second-order valence-corrected chi connectivity index (χ2v) is 8.09. The van der Waals surface area contributed by atoms with Crippen molar-refractivity contribution in [3.8, 4) is 0 Å². The van der Waals surface area contributed by atoms with Crippen LogP contribution in [0.2, 0.25) is 0 Å². The van der Waals surface area contributed by atoms with Crippen LogP contribution in [0, 0.1) is 0 Å². The zero-order valence-electron chi connectivity index (χ0n) is 13.6. The molecule has 0 spiro atoms. The number of sulfonamides is 1. The van der Waals surface area contributed by atoms with Crippen molar-refractivity contribution >= 4 is 21.9 Å². The molecule has 0 aliphatic heterocycles. The first-order valence-corrected chi connectivity index (χ1v) is 9.41. The van der Waals surface area contributed by atoms with Crippen LogP contribution in [0.1, 0.15) is 46.0 Å². The van der Waals surface area contributed by atoms with Crippen LogP contribution in [0.3, 0.4) is 0 Å². The lowest BCUT2D eigenvalue weighted by molar-refractivity contribution is -0.139. The molecule has 1 amide bonds. The third kappa shape index (κ3) is 7.76. The molecule has 1 saturated carbocycles. The minimum absolute atomic E-state index is 0.0531. The van der Waals surface area contributed by atoms with E-state index in [1.807, 2.05) is 0 Å². The third-order valence-electron chi connectivity index (χ3n) is 3.71. The number of aliphatic carboxylic acids is 1. The van der Waals surface area contributed by atoms with Gasteiger partial charge in [0.25, 0.3) is 0 Å². The van der Waals surface area contributed by atoms with Crippen molar-refractivity contribution in [2.75, 3.05) is 18.9 Å². The highest BCUT2D eigenvalue weighted by Gasteiger charge is 2.37. The molecule has 8 nitrogen and oxygen atoms in total. The largest absolute Gasteiger partial charge is 0.481 e. The van der Waals surface area contributed by atoms with E-state index >= 15 is 0 Å². The van der Waals surface area contributed by atoms with E-state index in [1.54, 1.807) is 13.8 Å². The summed E-state index contributed by atoms with van der Waals surface area (Å²) in [4.78, 5) is 22.9. The number of amides is 1. The predicted octanol–water partition coefficient (Wildman–Crippen LogP) is 0.235. The quantitative estimate of drug-likeness (QED) is 0.519. The lowest BCUT2D eigenvalue weighted by Gasteiger charge is -2.28. The zero-order chi connectivity index (χ0) is 17.5. The minimum atomic E-state index is -3.60. The first kappa shape index (κ1) is 19.9. The highest BCUT2D eigenvalue weighted by atomic mass is 32.2. The number of rotatable bonds is 10. The summed E-state index contributed by atoms with van der Waals surface area (Å²) in [7, 11) is -3.60. The van der Waals surface area contributed by atoms with E-state index in [2.05, 4.69) is 10.0 Å². The van der Waals surface area contributed by atoms with Crippen LogP contribution in [0.5, 0.6) is 0 Å². The molecule has 1 aliphatic carbocycles. The Balaban J connectivity index is 2.44. The molecule has 0 aromatic carbocycles. The van der Waals surface area contributed by atoms with Gasteiger partial charge in [0, 0.05) is 0 Å². The lowest BCUT2D eigenvalue weighted by atomic mass is 9.93. The van der Waals surface area contributed by atoms with Gasteiger partial charge in [-0.05, 0) is 26.7 Å². The van der Waals surface area contributed by atoms with Gasteiger partial charge in [0.2, 0.25) is 15.9 Å². The average molecular weight is 350 g/mol. The number of hydrogen-bond acceptors (Lipinski definition) is 5. The van der Waals surface area contributed by atoms with Crippen LogP contribution >= 0.6 is 0 Å². The van der Waals surface area contributed by atoms with Crippen molar-refractivity contribution in [3.05, 3.63) is 0 Å². The van der Waals surface area contributed by atoms with Gasteiger partial charge in [-0.15, -0.1) is 0 Å². The SMILES string of the molecule is CC(C)OCCS(=O)(=O)NCC(=O)NC1(CC(=O)O)CCCC1. The molecule has 0 heterocycles. The Kier molecular flexibility index (Phi) is 7.43. The maximum atomic E-state index is 12.0. The van der Waals surface area contributed by atoms with Gasteiger partial charge in [-0.2, -0.15) is 0 Å². The van der Waals surface area contributed by atoms with E-state index in [0.717, 1.165) is 12.8 Å². The number of carboxylic acid groups (broad SMARTS) is 1. The highest BCUT2D eigenvalue weighted by molar-refractivity contribution is 7.89. The Labute approximate surface area is 137 Å². The zero-order valence-corrected chi connectivity index (χ0v) is 14.4. The van der Waals surface area contributed by atoms with Crippen molar-refractivity contribution in [1.29, 1.82) is 0 Å². The van der Waals surface area contributed by atoms with Crippen LogP contribution in [-0.2, 0) is 24.3 Å². The van der Waals surface area contributed by atoms with Crippen LogP contribution in [0.4, 0.5) is 0 Å². The second kappa shape index (κ2) is 8.60. The van der Waals surface area contributed by atoms with Gasteiger partial charge in [0.05, 0.1) is 37.0 Å². The number of carbonyl (C=O) groups excluding carboxylic acids is 1. The summed E-state index contributed by atoms with van der Waals surface area (Å²) in [6, 6.07) is 0. The van der Waals surface area contributed by atoms with Gasteiger partial charge in [-0.1, -0.05) is 12.8 Å². The summed E-state index contributed by atoms with van der Waals surface area (Å²) < 4.78 is 30.9. The van der Waals surface area contributed by atoms with Crippen molar-refractivity contribution < 1.29 is 27.9 Å². The molecule has 1 fully saturated rings. The molecule has 0 atom stereocenters. The van der Waals surface area contributed by atoms with E-state index < -0.39 is 34.0 Å². The summed E-state index contributed by atoms with van der Waals surface area (Å²) in [5, 5.41) is 11.7. The monoisotopic (exact) mass is 350 g/mol. The van der Waals surface area contributed by atoms with E-state index in [0.29, 0.717) is 12.8 Å². The van der Waals surface area contributed by atoms with E-state index in [9.17, 15) is 18.0 Å². The summed E-state index contributed by atoms with van der Waals surface area (Å²) >= 11 is 0. The molecule has 1 aliphatic rings. The fourth-order valence-electron chi connectivity index (χ4n) is 2.67. The van der Waals surface area contributed by atoms with Gasteiger partial charge >= 0.3 is 5.97 Å². The standard InChI is InChI=1S/C14H26N2O6S/c1-11(2)22-7-8-23(20,21)15-10-12(17)16-14(9-13(18)19)5-3-4-6-14/h11,15H,3-10H2,1-2H3,(H,16,17)(H,18,19). The fourth-order valence-corrected chi connectivity index (χ4v) is 3.48. The molecular formula is C14H26N2O6S. The van der Waals surface area contributed by atoms with Crippen LogP contribution in [0.25, 0.3) is 0 Å². The summed E-state index contributed by atoms with van der Waals surface area (Å²) in [5.41, 5.74) is -0.755. The first-order chi connectivity index (χ1) is 10.6. The van der Waals surface area contributed by atoms with Crippen molar-refractivity contribution in [2.45, 2.75) is 57.6 Å². The van der Waals surface area contributed by atoms with E-state index in [-0.39, 0.29) is 24.9 Å². The number of hydrogen-bond donors (Lipinski definition) is 3. The Morgan fingerprint density at radius 1 is 1.26 bits per heavy atom. The third-order valence-corrected chi connectivity index (χ3v) is 5.00. The van der Waals surface area contributed by atoms with Crippen molar-refractivity contribution in [1.82, 2.24) is 10.0 Å². The summed E-state index contributed by atoms with van der Waals surface area (Å²) in [6.45, 7) is 3.26. The fraction of sp³-hybridized carbons (Fsp3) is 0.857. The Morgan fingerprint density at radius 3 is 2.39 bits per heavy atom. The Hall–Kier alpha value is -1.19. The van der Waals surface area contributed by atoms with Crippen LogP contribution in [-0.4, -0.2) is 55.9 Å². The van der Waals surface area contributed by atoms with Gasteiger partial charge in [-0.25, -0.2) is 13.1 Å². The molecular weight excluding hydrogens is 324 g/mol.